The summed E-state index contributed by atoms with van der Waals surface area (Å²) >= 11 is 0. The highest BCUT2D eigenvalue weighted by Gasteiger charge is 2.10. The Morgan fingerprint density at radius 1 is 1.04 bits per heavy atom. The molecule has 0 radical (unpaired) electrons. The summed E-state index contributed by atoms with van der Waals surface area (Å²) in [5.41, 5.74) is 2.12. The summed E-state index contributed by atoms with van der Waals surface area (Å²) in [6.07, 6.45) is 4.54. The van der Waals surface area contributed by atoms with Crippen molar-refractivity contribution in [3.8, 4) is 0 Å². The average Bonchev–Trinajstić information content (AvgIpc) is 3.11. The van der Waals surface area contributed by atoms with Crippen molar-refractivity contribution in [2.45, 2.75) is 19.5 Å². The van der Waals surface area contributed by atoms with Crippen LogP contribution in [0.4, 0.5) is 5.82 Å². The van der Waals surface area contributed by atoms with Crippen LogP contribution < -0.4 is 5.32 Å². The minimum atomic E-state index is 0.683. The molecule has 0 amide bonds. The van der Waals surface area contributed by atoms with E-state index in [1.807, 2.05) is 24.3 Å². The lowest BCUT2D eigenvalue weighted by atomic mass is 10.2. The van der Waals surface area contributed by atoms with Gasteiger partial charge in [-0.1, -0.05) is 12.1 Å². The van der Waals surface area contributed by atoms with Crippen LogP contribution in [0.1, 0.15) is 17.8 Å². The maximum absolute atomic E-state index is 5.14. The standard InChI is InChI=1S/C20H27N5O/c1-24(2)11-6-10-21-20-17-7-4-5-8-18(17)22-19(23-20)14-25(3)13-16-9-12-26-15-16/h4-5,7-9,12,15H,6,10-11,13-14H2,1-3H3,(H,21,22,23). The number of benzene rings is 1. The second kappa shape index (κ2) is 8.78. The molecule has 0 atom stereocenters. The van der Waals surface area contributed by atoms with E-state index in [0.29, 0.717) is 6.54 Å². The molecule has 1 aromatic carbocycles. The van der Waals surface area contributed by atoms with Crippen molar-refractivity contribution in [2.75, 3.05) is 39.5 Å². The van der Waals surface area contributed by atoms with Crippen molar-refractivity contribution >= 4 is 16.7 Å². The molecular formula is C20H27N5O. The number of hydrogen-bond acceptors (Lipinski definition) is 6. The van der Waals surface area contributed by atoms with Gasteiger partial charge < -0.3 is 14.6 Å². The first-order chi connectivity index (χ1) is 12.6. The van der Waals surface area contributed by atoms with E-state index in [0.717, 1.165) is 54.2 Å². The van der Waals surface area contributed by atoms with Gasteiger partial charge >= 0.3 is 0 Å². The smallest absolute Gasteiger partial charge is 0.145 e. The van der Waals surface area contributed by atoms with Crippen molar-refractivity contribution in [3.05, 3.63) is 54.2 Å². The van der Waals surface area contributed by atoms with Crippen LogP contribution in [0.15, 0.2) is 47.3 Å². The Labute approximate surface area is 154 Å². The SMILES string of the molecule is CN(C)CCCNc1nc(CN(C)Cc2ccoc2)nc2ccccc12. The molecule has 138 valence electrons. The predicted octanol–water partition coefficient (Wildman–Crippen LogP) is 3.22. The summed E-state index contributed by atoms with van der Waals surface area (Å²) in [5, 5.41) is 4.56. The van der Waals surface area contributed by atoms with Gasteiger partial charge in [-0.25, -0.2) is 9.97 Å². The second-order valence-electron chi connectivity index (χ2n) is 6.89. The topological polar surface area (TPSA) is 57.4 Å². The summed E-state index contributed by atoms with van der Waals surface area (Å²) in [7, 11) is 6.25. The normalized spacial score (nSPS) is 11.6. The Hall–Kier alpha value is -2.44. The largest absolute Gasteiger partial charge is 0.472 e. The molecule has 0 aliphatic carbocycles. The first-order valence-electron chi connectivity index (χ1n) is 8.95. The number of anilines is 1. The van der Waals surface area contributed by atoms with Gasteiger partial charge in [0.2, 0.25) is 0 Å². The number of fused-ring (bicyclic) bond motifs is 1. The maximum atomic E-state index is 5.14. The molecule has 2 heterocycles. The lowest BCUT2D eigenvalue weighted by molar-refractivity contribution is 0.310. The quantitative estimate of drug-likeness (QED) is 0.596. The van der Waals surface area contributed by atoms with E-state index in [4.69, 9.17) is 14.4 Å². The third-order valence-electron chi connectivity index (χ3n) is 4.17. The van der Waals surface area contributed by atoms with Crippen LogP contribution in [-0.4, -0.2) is 54.0 Å². The Morgan fingerprint density at radius 2 is 1.88 bits per heavy atom. The minimum absolute atomic E-state index is 0.683. The summed E-state index contributed by atoms with van der Waals surface area (Å²) < 4.78 is 5.14. The van der Waals surface area contributed by atoms with Gasteiger partial charge in [0, 0.05) is 24.0 Å². The van der Waals surface area contributed by atoms with E-state index in [2.05, 4.69) is 42.3 Å². The highest BCUT2D eigenvalue weighted by Crippen LogP contribution is 2.20. The van der Waals surface area contributed by atoms with Gasteiger partial charge in [-0.2, -0.15) is 0 Å². The zero-order chi connectivity index (χ0) is 18.4. The van der Waals surface area contributed by atoms with Gasteiger partial charge in [-0.05, 0) is 52.3 Å². The van der Waals surface area contributed by atoms with Crippen LogP contribution in [0.2, 0.25) is 0 Å². The van der Waals surface area contributed by atoms with Crippen LogP contribution in [0.25, 0.3) is 10.9 Å². The molecule has 0 unspecified atom stereocenters. The fourth-order valence-electron chi connectivity index (χ4n) is 2.92. The van der Waals surface area contributed by atoms with Crippen molar-refractivity contribution in [1.82, 2.24) is 19.8 Å². The summed E-state index contributed by atoms with van der Waals surface area (Å²) in [5.74, 6) is 1.74. The zero-order valence-electron chi connectivity index (χ0n) is 15.8. The number of hydrogen-bond donors (Lipinski definition) is 1. The number of nitrogens with zero attached hydrogens (tertiary/aromatic N) is 4. The first kappa shape index (κ1) is 18.4. The maximum Gasteiger partial charge on any atom is 0.145 e. The van der Waals surface area contributed by atoms with Crippen molar-refractivity contribution in [1.29, 1.82) is 0 Å². The molecule has 3 rings (SSSR count). The average molecular weight is 353 g/mol. The van der Waals surface area contributed by atoms with Crippen LogP contribution in [0, 0.1) is 0 Å². The molecular weight excluding hydrogens is 326 g/mol. The summed E-state index contributed by atoms with van der Waals surface area (Å²) in [6.45, 7) is 3.43. The first-order valence-corrected chi connectivity index (χ1v) is 8.95. The molecule has 1 N–H and O–H groups in total. The number of aromatic nitrogens is 2. The number of nitrogens with one attached hydrogen (secondary N) is 1. The van der Waals surface area contributed by atoms with E-state index in [1.54, 1.807) is 12.5 Å². The number of furan rings is 1. The molecule has 0 bridgehead atoms. The fraction of sp³-hybridized carbons (Fsp3) is 0.400. The van der Waals surface area contributed by atoms with Gasteiger partial charge in [0.05, 0.1) is 24.6 Å². The van der Waals surface area contributed by atoms with E-state index in [9.17, 15) is 0 Å². The molecule has 3 aromatic rings. The predicted molar refractivity (Wildman–Crippen MR) is 105 cm³/mol. The Kier molecular flexibility index (Phi) is 6.20. The molecule has 26 heavy (non-hydrogen) atoms. The van der Waals surface area contributed by atoms with Crippen molar-refractivity contribution in [3.63, 3.8) is 0 Å². The van der Waals surface area contributed by atoms with Crippen LogP contribution in [-0.2, 0) is 13.1 Å². The molecule has 6 heteroatoms. The lowest BCUT2D eigenvalue weighted by Gasteiger charge is -2.16. The molecule has 0 saturated carbocycles. The molecule has 0 aliphatic rings. The second-order valence-corrected chi connectivity index (χ2v) is 6.89. The van der Waals surface area contributed by atoms with Crippen LogP contribution in [0.5, 0.6) is 0 Å². The zero-order valence-corrected chi connectivity index (χ0v) is 15.8. The van der Waals surface area contributed by atoms with Crippen molar-refractivity contribution < 1.29 is 4.42 Å². The van der Waals surface area contributed by atoms with Gasteiger partial charge in [-0.15, -0.1) is 0 Å². The molecule has 6 nitrogen and oxygen atoms in total. The van der Waals surface area contributed by atoms with Crippen LogP contribution >= 0.6 is 0 Å². The minimum Gasteiger partial charge on any atom is -0.472 e. The Bertz CT molecular complexity index is 816. The fourth-order valence-corrected chi connectivity index (χ4v) is 2.92. The molecule has 2 aromatic heterocycles. The third-order valence-corrected chi connectivity index (χ3v) is 4.17. The Balaban J connectivity index is 1.73. The molecule has 0 aliphatic heterocycles. The molecule has 0 spiro atoms. The number of rotatable bonds is 9. The monoisotopic (exact) mass is 353 g/mol. The highest BCUT2D eigenvalue weighted by molar-refractivity contribution is 5.88. The number of para-hydroxylation sites is 1. The van der Waals surface area contributed by atoms with Gasteiger partial charge in [0.15, 0.2) is 0 Å². The molecule has 0 saturated heterocycles. The van der Waals surface area contributed by atoms with E-state index in [1.165, 1.54) is 0 Å². The molecule has 0 fully saturated rings. The van der Waals surface area contributed by atoms with Gasteiger partial charge in [0.25, 0.3) is 0 Å². The summed E-state index contributed by atoms with van der Waals surface area (Å²) in [6, 6.07) is 10.1. The summed E-state index contributed by atoms with van der Waals surface area (Å²) in [4.78, 5) is 13.9. The van der Waals surface area contributed by atoms with E-state index in [-0.39, 0.29) is 0 Å². The van der Waals surface area contributed by atoms with Crippen LogP contribution in [0.3, 0.4) is 0 Å². The van der Waals surface area contributed by atoms with E-state index >= 15 is 0 Å². The highest BCUT2D eigenvalue weighted by atomic mass is 16.3. The Morgan fingerprint density at radius 3 is 2.65 bits per heavy atom. The van der Waals surface area contributed by atoms with Gasteiger partial charge in [0.1, 0.15) is 11.6 Å². The van der Waals surface area contributed by atoms with Gasteiger partial charge in [-0.3, -0.25) is 4.90 Å². The van der Waals surface area contributed by atoms with E-state index < -0.39 is 0 Å². The lowest BCUT2D eigenvalue weighted by Crippen LogP contribution is -2.20. The van der Waals surface area contributed by atoms with Crippen molar-refractivity contribution in [2.24, 2.45) is 0 Å². The third kappa shape index (κ3) is 5.03.